The Morgan fingerprint density at radius 3 is 1.56 bits per heavy atom. The molecule has 0 aliphatic heterocycles. The zero-order chi connectivity index (χ0) is 33.3. The molecule has 9 rings (SSSR count). The summed E-state index contributed by atoms with van der Waals surface area (Å²) in [4.78, 5) is 18.4. The molecular formula is C41H29N5O4. The third-order valence-corrected chi connectivity index (χ3v) is 8.51. The van der Waals surface area contributed by atoms with Crippen LogP contribution in [-0.4, -0.2) is 24.5 Å². The fraction of sp³-hybridized carbons (Fsp3) is 0.0732. The lowest BCUT2D eigenvalue weighted by atomic mass is 10.1. The third kappa shape index (κ3) is 5.92. The predicted octanol–water partition coefficient (Wildman–Crippen LogP) is 10.0. The van der Waals surface area contributed by atoms with Crippen molar-refractivity contribution in [3.05, 3.63) is 151 Å². The van der Waals surface area contributed by atoms with E-state index in [4.69, 9.17) is 28.9 Å². The van der Waals surface area contributed by atoms with Gasteiger partial charge in [0.2, 0.25) is 17.7 Å². The molecule has 9 heteroatoms. The fourth-order valence-corrected chi connectivity index (χ4v) is 6.26. The van der Waals surface area contributed by atoms with Crippen LogP contribution in [-0.2, 0) is 12.8 Å². The Morgan fingerprint density at radius 2 is 1.02 bits per heavy atom. The minimum Gasteiger partial charge on any atom is -0.457 e. The van der Waals surface area contributed by atoms with E-state index in [-0.39, 0.29) is 0 Å². The number of fused-ring (bicyclic) bond motifs is 4. The van der Waals surface area contributed by atoms with E-state index >= 15 is 0 Å². The van der Waals surface area contributed by atoms with Crippen molar-refractivity contribution >= 4 is 21.8 Å². The van der Waals surface area contributed by atoms with Gasteiger partial charge in [0.15, 0.2) is 0 Å². The molecule has 1 aliphatic rings. The normalized spacial score (nSPS) is 12.2. The first-order valence-electron chi connectivity index (χ1n) is 16.4. The predicted molar refractivity (Wildman–Crippen MR) is 190 cm³/mol. The van der Waals surface area contributed by atoms with Gasteiger partial charge in [-0.25, -0.2) is 19.9 Å². The Kier molecular flexibility index (Phi) is 7.47. The van der Waals surface area contributed by atoms with Gasteiger partial charge in [-0.05, 0) is 85.5 Å². The molecule has 4 aromatic carbocycles. The molecule has 0 amide bonds. The second kappa shape index (κ2) is 12.7. The maximum atomic E-state index is 6.39. The van der Waals surface area contributed by atoms with Gasteiger partial charge in [0.25, 0.3) is 0 Å². The quantitative estimate of drug-likeness (QED) is 0.152. The molecule has 4 aromatic heterocycles. The summed E-state index contributed by atoms with van der Waals surface area (Å²) in [5, 5.41) is 2.09. The second-order valence-electron chi connectivity index (χ2n) is 11.9. The van der Waals surface area contributed by atoms with Crippen LogP contribution in [0.2, 0.25) is 0 Å². The van der Waals surface area contributed by atoms with Crippen LogP contribution in [0.15, 0.2) is 140 Å². The van der Waals surface area contributed by atoms with Crippen molar-refractivity contribution in [2.24, 2.45) is 0 Å². The first-order valence-corrected chi connectivity index (χ1v) is 16.4. The summed E-state index contributed by atoms with van der Waals surface area (Å²) in [6.07, 6.45) is 8.39. The van der Waals surface area contributed by atoms with Crippen molar-refractivity contribution in [2.45, 2.75) is 19.3 Å². The maximum absolute atomic E-state index is 6.39. The monoisotopic (exact) mass is 655 g/mol. The number of aromatic nitrogens is 5. The fourth-order valence-electron chi connectivity index (χ4n) is 6.26. The Hall–Kier alpha value is -6.74. The first-order chi connectivity index (χ1) is 24.7. The molecule has 0 saturated heterocycles. The molecule has 8 aromatic rings. The van der Waals surface area contributed by atoms with Crippen LogP contribution in [0.3, 0.4) is 0 Å². The molecule has 0 bridgehead atoms. The molecule has 0 atom stereocenters. The molecule has 50 heavy (non-hydrogen) atoms. The Balaban J connectivity index is 1.08. The van der Waals surface area contributed by atoms with Crippen molar-refractivity contribution in [3.63, 3.8) is 0 Å². The lowest BCUT2D eigenvalue weighted by Crippen LogP contribution is -2.04. The van der Waals surface area contributed by atoms with Gasteiger partial charge in [0.05, 0.1) is 11.0 Å². The topological polar surface area (TPSA) is 93.4 Å². The van der Waals surface area contributed by atoms with Gasteiger partial charge in [0, 0.05) is 71.5 Å². The molecule has 242 valence electrons. The molecule has 0 radical (unpaired) electrons. The second-order valence-corrected chi connectivity index (χ2v) is 11.9. The van der Waals surface area contributed by atoms with Crippen molar-refractivity contribution in [1.82, 2.24) is 24.5 Å². The smallest absolute Gasteiger partial charge is 0.234 e. The van der Waals surface area contributed by atoms with E-state index in [2.05, 4.69) is 26.7 Å². The van der Waals surface area contributed by atoms with Crippen LogP contribution in [0, 0.1) is 0 Å². The van der Waals surface area contributed by atoms with Gasteiger partial charge in [-0.15, -0.1) is 0 Å². The lowest BCUT2D eigenvalue weighted by molar-refractivity contribution is 0.448. The van der Waals surface area contributed by atoms with Crippen LogP contribution >= 0.6 is 0 Å². The van der Waals surface area contributed by atoms with Crippen LogP contribution in [0.4, 0.5) is 0 Å². The molecule has 0 saturated carbocycles. The summed E-state index contributed by atoms with van der Waals surface area (Å²) in [6, 6.07) is 38.2. The highest BCUT2D eigenvalue weighted by molar-refractivity contribution is 6.09. The van der Waals surface area contributed by atoms with Crippen LogP contribution in [0.25, 0.3) is 27.8 Å². The molecule has 0 N–H and O–H groups in total. The van der Waals surface area contributed by atoms with Crippen LogP contribution < -0.4 is 18.9 Å². The van der Waals surface area contributed by atoms with E-state index < -0.39 is 0 Å². The highest BCUT2D eigenvalue weighted by atomic mass is 16.5. The Bertz CT molecular complexity index is 2340. The van der Waals surface area contributed by atoms with Crippen molar-refractivity contribution in [2.75, 3.05) is 0 Å². The zero-order valence-electron chi connectivity index (χ0n) is 26.8. The zero-order valence-corrected chi connectivity index (χ0v) is 26.8. The average molecular weight is 656 g/mol. The minimum atomic E-state index is 0.513. The third-order valence-electron chi connectivity index (χ3n) is 8.51. The molecule has 0 unspecified atom stereocenters. The van der Waals surface area contributed by atoms with Crippen molar-refractivity contribution in [3.8, 4) is 52.2 Å². The van der Waals surface area contributed by atoms with Gasteiger partial charge < -0.3 is 18.9 Å². The number of benzene rings is 4. The average Bonchev–Trinajstić information content (AvgIpc) is 3.74. The molecular weight excluding hydrogens is 626 g/mol. The molecule has 9 nitrogen and oxygen atoms in total. The van der Waals surface area contributed by atoms with E-state index in [0.29, 0.717) is 52.2 Å². The van der Waals surface area contributed by atoms with Gasteiger partial charge >= 0.3 is 0 Å². The number of nitrogens with zero attached hydrogens (tertiary/aromatic N) is 5. The lowest BCUT2D eigenvalue weighted by Gasteiger charge is -2.11. The molecule has 1 aliphatic carbocycles. The largest absolute Gasteiger partial charge is 0.457 e. The molecule has 4 heterocycles. The summed E-state index contributed by atoms with van der Waals surface area (Å²) in [5.41, 5.74) is 4.14. The highest BCUT2D eigenvalue weighted by Gasteiger charge is 2.20. The summed E-state index contributed by atoms with van der Waals surface area (Å²) in [7, 11) is 0. The number of hydrogen-bond acceptors (Lipinski definition) is 8. The molecule has 0 fully saturated rings. The summed E-state index contributed by atoms with van der Waals surface area (Å²) in [5.74, 6) is 5.50. The first kappa shape index (κ1) is 29.4. The van der Waals surface area contributed by atoms with E-state index in [1.807, 2.05) is 115 Å². The van der Waals surface area contributed by atoms with Gasteiger partial charge in [-0.2, -0.15) is 0 Å². The van der Waals surface area contributed by atoms with E-state index in [9.17, 15) is 0 Å². The maximum Gasteiger partial charge on any atom is 0.234 e. The Labute approximate surface area is 287 Å². The number of aryl methyl sites for hydroxylation is 2. The van der Waals surface area contributed by atoms with E-state index in [1.165, 1.54) is 5.56 Å². The number of rotatable bonds is 9. The van der Waals surface area contributed by atoms with Gasteiger partial charge in [-0.1, -0.05) is 24.3 Å². The Morgan fingerprint density at radius 1 is 0.480 bits per heavy atom. The SMILES string of the molecule is c1ccc(Oc2cccc(Oc3ccc4c5ccc(Oc6cccc(Oc7ccccn7)c6)cc5n(-c5ncc6c(n5)CCC6)c4c3)c2)nc1. The number of pyridine rings is 2. The number of ether oxygens (including phenoxy) is 4. The summed E-state index contributed by atoms with van der Waals surface area (Å²) < 4.78 is 26.7. The summed E-state index contributed by atoms with van der Waals surface area (Å²) >= 11 is 0. The summed E-state index contributed by atoms with van der Waals surface area (Å²) in [6.45, 7) is 0. The number of hydrogen-bond donors (Lipinski definition) is 0. The highest BCUT2D eigenvalue weighted by Crippen LogP contribution is 2.38. The standard InChI is InChI=1S/C41H29N5O4/c1-3-20-42-39(14-1)49-30-11-6-9-28(22-30)47-32-16-18-34-35-19-17-33(48-29-10-7-12-31(23-29)50-40-15-2-4-21-43-40)25-38(35)46(37(34)24-32)41-44-26-27-8-5-13-36(27)45-41/h1-4,6-7,9-12,14-26H,5,8,13H2. The van der Waals surface area contributed by atoms with Crippen molar-refractivity contribution in [1.29, 1.82) is 0 Å². The van der Waals surface area contributed by atoms with Gasteiger partial charge in [0.1, 0.15) is 34.5 Å². The molecule has 0 spiro atoms. The van der Waals surface area contributed by atoms with Crippen molar-refractivity contribution < 1.29 is 18.9 Å². The van der Waals surface area contributed by atoms with E-state index in [1.54, 1.807) is 12.4 Å². The van der Waals surface area contributed by atoms with Crippen LogP contribution in [0.5, 0.6) is 46.3 Å². The van der Waals surface area contributed by atoms with E-state index in [0.717, 1.165) is 46.8 Å². The van der Waals surface area contributed by atoms with Gasteiger partial charge in [-0.3, -0.25) is 4.57 Å². The van der Waals surface area contributed by atoms with Crippen LogP contribution in [0.1, 0.15) is 17.7 Å². The minimum absolute atomic E-state index is 0.513.